The van der Waals surface area contributed by atoms with Crippen LogP contribution in [0.5, 0.6) is 0 Å². The van der Waals surface area contributed by atoms with E-state index in [1.54, 1.807) is 17.4 Å². The predicted octanol–water partition coefficient (Wildman–Crippen LogP) is 5.40. The lowest BCUT2D eigenvalue weighted by molar-refractivity contribution is -0.131. The van der Waals surface area contributed by atoms with Gasteiger partial charge in [-0.15, -0.1) is 12.4 Å². The molecular formula is C21H17ClN2O2S. The smallest absolute Gasteiger partial charge is 0.328 e. The Morgan fingerprint density at radius 1 is 1.11 bits per heavy atom. The van der Waals surface area contributed by atoms with Gasteiger partial charge in [0, 0.05) is 12.5 Å². The van der Waals surface area contributed by atoms with Crippen LogP contribution < -0.4 is 0 Å². The molecule has 4 aromatic rings. The molecule has 4 rings (SSSR count). The number of carboxylic acid groups (broad SMARTS) is 1. The van der Waals surface area contributed by atoms with Crippen LogP contribution in [0.1, 0.15) is 17.0 Å². The molecule has 0 saturated heterocycles. The summed E-state index contributed by atoms with van der Waals surface area (Å²) in [6, 6.07) is 16.2. The number of aromatic amines is 1. The van der Waals surface area contributed by atoms with E-state index in [0.717, 1.165) is 34.1 Å². The van der Waals surface area contributed by atoms with Crippen LogP contribution in [0.2, 0.25) is 0 Å². The summed E-state index contributed by atoms with van der Waals surface area (Å²) >= 11 is 1.69. The zero-order chi connectivity index (χ0) is 17.9. The van der Waals surface area contributed by atoms with Gasteiger partial charge in [-0.25, -0.2) is 9.78 Å². The van der Waals surface area contributed by atoms with E-state index < -0.39 is 5.97 Å². The minimum absolute atomic E-state index is 0. The Hall–Kier alpha value is -2.89. The number of carboxylic acids is 1. The van der Waals surface area contributed by atoms with Gasteiger partial charge < -0.3 is 10.1 Å². The number of rotatable bonds is 5. The fraction of sp³-hybridized carbons (Fsp3) is 0.0476. The Balaban J connectivity index is 0.00000210. The third-order valence-corrected chi connectivity index (χ3v) is 4.84. The highest BCUT2D eigenvalue weighted by atomic mass is 35.5. The fourth-order valence-electron chi connectivity index (χ4n) is 2.86. The molecule has 0 aliphatic rings. The largest absolute Gasteiger partial charge is 0.478 e. The van der Waals surface area contributed by atoms with Crippen LogP contribution in [0.25, 0.3) is 28.2 Å². The SMILES string of the molecule is Cl.O=C(O)/C=C/c1ccc(Cc2nc3ccc(-c4ccsc4)cc3[nH]2)cc1. The minimum atomic E-state index is -0.946. The maximum Gasteiger partial charge on any atom is 0.328 e. The number of thiophene rings is 1. The van der Waals surface area contributed by atoms with Crippen molar-refractivity contribution in [2.45, 2.75) is 6.42 Å². The molecule has 136 valence electrons. The molecule has 0 unspecified atom stereocenters. The summed E-state index contributed by atoms with van der Waals surface area (Å²) in [7, 11) is 0. The molecule has 0 spiro atoms. The number of fused-ring (bicyclic) bond motifs is 1. The van der Waals surface area contributed by atoms with Gasteiger partial charge in [0.25, 0.3) is 0 Å². The van der Waals surface area contributed by atoms with Crippen molar-refractivity contribution in [3.63, 3.8) is 0 Å². The molecule has 2 aromatic carbocycles. The number of nitrogens with one attached hydrogen (secondary N) is 1. The number of hydrogen-bond acceptors (Lipinski definition) is 3. The number of halogens is 1. The Labute approximate surface area is 166 Å². The van der Waals surface area contributed by atoms with Crippen LogP contribution >= 0.6 is 23.7 Å². The van der Waals surface area contributed by atoms with E-state index in [4.69, 9.17) is 5.11 Å². The van der Waals surface area contributed by atoms with Gasteiger partial charge in [0.05, 0.1) is 11.0 Å². The van der Waals surface area contributed by atoms with Crippen LogP contribution in [0, 0.1) is 0 Å². The van der Waals surface area contributed by atoms with Gasteiger partial charge in [0.15, 0.2) is 0 Å². The average molecular weight is 397 g/mol. The van der Waals surface area contributed by atoms with E-state index in [-0.39, 0.29) is 12.4 Å². The summed E-state index contributed by atoms with van der Waals surface area (Å²) in [6.07, 6.45) is 3.42. The van der Waals surface area contributed by atoms with Crippen molar-refractivity contribution in [3.8, 4) is 11.1 Å². The summed E-state index contributed by atoms with van der Waals surface area (Å²) in [4.78, 5) is 18.6. The Bertz CT molecular complexity index is 1080. The maximum absolute atomic E-state index is 10.6. The van der Waals surface area contributed by atoms with Crippen LogP contribution in [-0.2, 0) is 11.2 Å². The number of H-pyrrole nitrogens is 1. The lowest BCUT2D eigenvalue weighted by Crippen LogP contribution is -1.91. The number of hydrogen-bond donors (Lipinski definition) is 2. The second-order valence-corrected chi connectivity index (χ2v) is 6.80. The Kier molecular flexibility index (Phi) is 5.74. The quantitative estimate of drug-likeness (QED) is 0.444. The van der Waals surface area contributed by atoms with Crippen molar-refractivity contribution in [1.29, 1.82) is 0 Å². The first-order valence-electron chi connectivity index (χ1n) is 8.18. The van der Waals surface area contributed by atoms with E-state index in [9.17, 15) is 4.79 Å². The molecule has 2 heterocycles. The molecule has 6 heteroatoms. The van der Waals surface area contributed by atoms with Crippen molar-refractivity contribution in [1.82, 2.24) is 9.97 Å². The summed E-state index contributed by atoms with van der Waals surface area (Å²) in [5.74, 6) is -0.0329. The lowest BCUT2D eigenvalue weighted by Gasteiger charge is -1.99. The summed E-state index contributed by atoms with van der Waals surface area (Å²) < 4.78 is 0. The summed E-state index contributed by atoms with van der Waals surface area (Å²) in [6.45, 7) is 0. The van der Waals surface area contributed by atoms with E-state index in [1.165, 1.54) is 11.1 Å². The third-order valence-electron chi connectivity index (χ3n) is 4.16. The number of benzene rings is 2. The van der Waals surface area contributed by atoms with E-state index in [2.05, 4.69) is 38.9 Å². The molecule has 2 N–H and O–H groups in total. The Morgan fingerprint density at radius 2 is 1.93 bits per heavy atom. The fourth-order valence-corrected chi connectivity index (χ4v) is 3.53. The summed E-state index contributed by atoms with van der Waals surface area (Å²) in [5.41, 5.74) is 6.38. The predicted molar refractivity (Wildman–Crippen MR) is 113 cm³/mol. The highest BCUT2D eigenvalue weighted by Gasteiger charge is 2.06. The van der Waals surface area contributed by atoms with Crippen molar-refractivity contribution in [2.75, 3.05) is 0 Å². The van der Waals surface area contributed by atoms with Crippen molar-refractivity contribution in [3.05, 3.63) is 82.3 Å². The van der Waals surface area contributed by atoms with Gasteiger partial charge >= 0.3 is 5.97 Å². The number of imidazole rings is 1. The molecule has 0 aliphatic heterocycles. The monoisotopic (exact) mass is 396 g/mol. The first kappa shape index (κ1) is 18.9. The van der Waals surface area contributed by atoms with Crippen LogP contribution in [-0.4, -0.2) is 21.0 Å². The topological polar surface area (TPSA) is 66.0 Å². The Morgan fingerprint density at radius 3 is 2.63 bits per heavy atom. The maximum atomic E-state index is 10.6. The number of aromatic nitrogens is 2. The number of carbonyl (C=O) groups is 1. The second kappa shape index (κ2) is 8.20. The van der Waals surface area contributed by atoms with Gasteiger partial charge in [-0.1, -0.05) is 30.3 Å². The van der Waals surface area contributed by atoms with Gasteiger partial charge in [0.1, 0.15) is 5.82 Å². The van der Waals surface area contributed by atoms with Crippen molar-refractivity contribution < 1.29 is 9.90 Å². The van der Waals surface area contributed by atoms with E-state index >= 15 is 0 Å². The molecule has 0 aliphatic carbocycles. The van der Waals surface area contributed by atoms with Gasteiger partial charge in [-0.05, 0) is 57.3 Å². The van der Waals surface area contributed by atoms with Gasteiger partial charge in [-0.2, -0.15) is 11.3 Å². The molecule has 2 aromatic heterocycles. The average Bonchev–Trinajstić information content (AvgIpc) is 3.29. The molecule has 0 atom stereocenters. The molecule has 27 heavy (non-hydrogen) atoms. The van der Waals surface area contributed by atoms with E-state index in [0.29, 0.717) is 6.42 Å². The summed E-state index contributed by atoms with van der Waals surface area (Å²) in [5, 5.41) is 12.9. The van der Waals surface area contributed by atoms with Crippen LogP contribution in [0.15, 0.2) is 65.4 Å². The van der Waals surface area contributed by atoms with Crippen molar-refractivity contribution in [2.24, 2.45) is 0 Å². The zero-order valence-corrected chi connectivity index (χ0v) is 15.9. The highest BCUT2D eigenvalue weighted by Crippen LogP contribution is 2.25. The molecule has 0 amide bonds. The van der Waals surface area contributed by atoms with Crippen molar-refractivity contribution >= 4 is 46.8 Å². The highest BCUT2D eigenvalue weighted by molar-refractivity contribution is 7.08. The molecule has 4 nitrogen and oxygen atoms in total. The number of nitrogens with zero attached hydrogens (tertiary/aromatic N) is 1. The first-order chi connectivity index (χ1) is 12.7. The van der Waals surface area contributed by atoms with Gasteiger partial charge in [0.2, 0.25) is 0 Å². The molecule has 0 radical (unpaired) electrons. The normalized spacial score (nSPS) is 11.0. The van der Waals surface area contributed by atoms with E-state index in [1.807, 2.05) is 30.3 Å². The lowest BCUT2D eigenvalue weighted by atomic mass is 10.1. The molecule has 0 bridgehead atoms. The standard InChI is InChI=1S/C21H16N2O2S.ClH/c24-21(25)8-5-14-1-3-15(4-2-14)11-20-22-18-7-6-16(12-19(18)23-20)17-9-10-26-13-17;/h1-10,12-13H,11H2,(H,22,23)(H,24,25);1H/b8-5+;. The first-order valence-corrected chi connectivity index (χ1v) is 9.13. The second-order valence-electron chi connectivity index (χ2n) is 6.02. The minimum Gasteiger partial charge on any atom is -0.478 e. The molecule has 0 fully saturated rings. The molecular weight excluding hydrogens is 380 g/mol. The van der Waals surface area contributed by atoms with Gasteiger partial charge in [-0.3, -0.25) is 0 Å². The molecule has 0 saturated carbocycles. The van der Waals surface area contributed by atoms with Crippen LogP contribution in [0.4, 0.5) is 0 Å². The van der Waals surface area contributed by atoms with Crippen LogP contribution in [0.3, 0.4) is 0 Å². The number of aliphatic carboxylic acids is 1. The third kappa shape index (κ3) is 4.45. The zero-order valence-electron chi connectivity index (χ0n) is 14.3.